The molecule has 6 nitrogen and oxygen atoms in total. The summed E-state index contributed by atoms with van der Waals surface area (Å²) < 4.78 is 18.2. The molecule has 3 heterocycles. The van der Waals surface area contributed by atoms with E-state index in [2.05, 4.69) is 4.98 Å². The van der Waals surface area contributed by atoms with Gasteiger partial charge in [0, 0.05) is 23.9 Å². The number of halogens is 1. The van der Waals surface area contributed by atoms with Crippen LogP contribution >= 0.6 is 11.6 Å². The van der Waals surface area contributed by atoms with Gasteiger partial charge in [-0.15, -0.1) is 0 Å². The standard InChI is InChI=1S/C21H16ClN3O3/c1-26-11-16-20(14-3-2-4-15(22)9-14)21-23-8-7-17(25(21)24-16)13-5-6-18-19(10-13)28-12-27-18/h2-10H,11-12H2,1H3. The molecular weight excluding hydrogens is 378 g/mol. The van der Waals surface area contributed by atoms with E-state index in [1.54, 1.807) is 13.3 Å². The SMILES string of the molecule is COCc1nn2c(-c3ccc4c(c3)OCO4)ccnc2c1-c1cccc(Cl)c1. The van der Waals surface area contributed by atoms with Gasteiger partial charge >= 0.3 is 0 Å². The Balaban J connectivity index is 1.74. The van der Waals surface area contributed by atoms with Crippen LogP contribution in [0.25, 0.3) is 28.0 Å². The molecule has 0 atom stereocenters. The highest BCUT2D eigenvalue weighted by Gasteiger charge is 2.20. The Labute approximate surface area is 166 Å². The molecule has 7 heteroatoms. The summed E-state index contributed by atoms with van der Waals surface area (Å²) in [7, 11) is 1.65. The van der Waals surface area contributed by atoms with Crippen molar-refractivity contribution in [2.24, 2.45) is 0 Å². The molecule has 140 valence electrons. The fourth-order valence-electron chi connectivity index (χ4n) is 3.44. The van der Waals surface area contributed by atoms with Crippen LogP contribution in [0.1, 0.15) is 5.69 Å². The zero-order valence-electron chi connectivity index (χ0n) is 15.1. The highest BCUT2D eigenvalue weighted by Crippen LogP contribution is 2.37. The molecule has 0 N–H and O–H groups in total. The summed E-state index contributed by atoms with van der Waals surface area (Å²) in [6.07, 6.45) is 1.78. The Morgan fingerprint density at radius 3 is 2.82 bits per heavy atom. The second kappa shape index (κ2) is 6.82. The van der Waals surface area contributed by atoms with E-state index in [4.69, 9.17) is 30.9 Å². The third-order valence-electron chi connectivity index (χ3n) is 4.65. The van der Waals surface area contributed by atoms with Gasteiger partial charge in [0.05, 0.1) is 23.6 Å². The first-order valence-corrected chi connectivity index (χ1v) is 9.14. The number of benzene rings is 2. The zero-order valence-corrected chi connectivity index (χ0v) is 15.8. The number of hydrogen-bond acceptors (Lipinski definition) is 5. The first-order chi connectivity index (χ1) is 13.7. The maximum absolute atomic E-state index is 6.22. The van der Waals surface area contributed by atoms with Crippen molar-refractivity contribution < 1.29 is 14.2 Å². The lowest BCUT2D eigenvalue weighted by molar-refractivity contribution is 0.174. The maximum atomic E-state index is 6.22. The van der Waals surface area contributed by atoms with Crippen molar-refractivity contribution in [3.8, 4) is 33.9 Å². The van der Waals surface area contributed by atoms with E-state index >= 15 is 0 Å². The highest BCUT2D eigenvalue weighted by molar-refractivity contribution is 6.30. The Hall–Kier alpha value is -3.09. The molecule has 2 aromatic carbocycles. The van der Waals surface area contributed by atoms with Crippen molar-refractivity contribution in [3.05, 3.63) is 65.4 Å². The molecule has 0 radical (unpaired) electrons. The summed E-state index contributed by atoms with van der Waals surface area (Å²) in [6.45, 7) is 0.606. The van der Waals surface area contributed by atoms with Gasteiger partial charge < -0.3 is 14.2 Å². The van der Waals surface area contributed by atoms with Crippen LogP contribution in [-0.4, -0.2) is 28.5 Å². The molecule has 0 unspecified atom stereocenters. The molecule has 4 aromatic rings. The number of hydrogen-bond donors (Lipinski definition) is 0. The normalized spacial score (nSPS) is 12.6. The van der Waals surface area contributed by atoms with Gasteiger partial charge in [0.2, 0.25) is 6.79 Å². The molecular formula is C21H16ClN3O3. The van der Waals surface area contributed by atoms with Gasteiger partial charge in [0.15, 0.2) is 17.1 Å². The van der Waals surface area contributed by atoms with Gasteiger partial charge in [-0.1, -0.05) is 23.7 Å². The highest BCUT2D eigenvalue weighted by atomic mass is 35.5. The first kappa shape index (κ1) is 17.0. The number of methoxy groups -OCH3 is 1. The monoisotopic (exact) mass is 393 g/mol. The summed E-state index contributed by atoms with van der Waals surface area (Å²) in [5.41, 5.74) is 5.25. The van der Waals surface area contributed by atoms with E-state index in [0.29, 0.717) is 11.6 Å². The number of nitrogens with zero attached hydrogens (tertiary/aromatic N) is 3. The first-order valence-electron chi connectivity index (χ1n) is 8.76. The fourth-order valence-corrected chi connectivity index (χ4v) is 3.63. The summed E-state index contributed by atoms with van der Waals surface area (Å²) in [6, 6.07) is 15.4. The molecule has 5 rings (SSSR count). The third kappa shape index (κ3) is 2.78. The van der Waals surface area contributed by atoms with Crippen LogP contribution in [0.5, 0.6) is 11.5 Å². The Kier molecular flexibility index (Phi) is 4.15. The van der Waals surface area contributed by atoms with Crippen molar-refractivity contribution in [3.63, 3.8) is 0 Å². The lowest BCUT2D eigenvalue weighted by atomic mass is 10.1. The van der Waals surface area contributed by atoms with Crippen molar-refractivity contribution in [2.45, 2.75) is 6.61 Å². The Morgan fingerprint density at radius 2 is 1.96 bits per heavy atom. The van der Waals surface area contributed by atoms with Crippen molar-refractivity contribution >= 4 is 17.2 Å². The molecule has 0 spiro atoms. The van der Waals surface area contributed by atoms with Crippen LogP contribution < -0.4 is 9.47 Å². The lowest BCUT2D eigenvalue weighted by Crippen LogP contribution is -1.96. The van der Waals surface area contributed by atoms with Crippen LogP contribution in [0.2, 0.25) is 5.02 Å². The van der Waals surface area contributed by atoms with E-state index in [-0.39, 0.29) is 6.79 Å². The molecule has 0 saturated carbocycles. The van der Waals surface area contributed by atoms with Crippen LogP contribution in [0, 0.1) is 0 Å². The number of rotatable bonds is 4. The van der Waals surface area contributed by atoms with Gasteiger partial charge in [-0.05, 0) is 42.0 Å². The van der Waals surface area contributed by atoms with Gasteiger partial charge in [-0.25, -0.2) is 9.50 Å². The second-order valence-electron chi connectivity index (χ2n) is 6.40. The van der Waals surface area contributed by atoms with E-state index in [1.807, 2.05) is 53.0 Å². The van der Waals surface area contributed by atoms with Crippen LogP contribution in [0.4, 0.5) is 0 Å². The summed E-state index contributed by atoms with van der Waals surface area (Å²) in [5.74, 6) is 1.47. The van der Waals surface area contributed by atoms with Crippen molar-refractivity contribution in [1.82, 2.24) is 14.6 Å². The third-order valence-corrected chi connectivity index (χ3v) is 4.89. The van der Waals surface area contributed by atoms with Gasteiger partial charge in [-0.3, -0.25) is 0 Å². The van der Waals surface area contributed by atoms with Crippen LogP contribution in [-0.2, 0) is 11.3 Å². The summed E-state index contributed by atoms with van der Waals surface area (Å²) >= 11 is 6.22. The fraction of sp³-hybridized carbons (Fsp3) is 0.143. The molecule has 0 saturated heterocycles. The minimum absolute atomic E-state index is 0.239. The topological polar surface area (TPSA) is 57.9 Å². The average Bonchev–Trinajstić information content (AvgIpc) is 3.31. The number of aromatic nitrogens is 3. The minimum atomic E-state index is 0.239. The number of fused-ring (bicyclic) bond motifs is 2. The molecule has 28 heavy (non-hydrogen) atoms. The molecule has 1 aliphatic rings. The van der Waals surface area contributed by atoms with Gasteiger partial charge in [0.1, 0.15) is 0 Å². The van der Waals surface area contributed by atoms with Crippen molar-refractivity contribution in [1.29, 1.82) is 0 Å². The largest absolute Gasteiger partial charge is 0.454 e. The van der Waals surface area contributed by atoms with Crippen LogP contribution in [0.15, 0.2) is 54.7 Å². The quantitative estimate of drug-likeness (QED) is 0.507. The molecule has 0 aliphatic carbocycles. The zero-order chi connectivity index (χ0) is 19.1. The molecule has 1 aliphatic heterocycles. The summed E-state index contributed by atoms with van der Waals surface area (Å²) in [5, 5.41) is 5.45. The van der Waals surface area contributed by atoms with E-state index in [0.717, 1.165) is 45.2 Å². The Bertz CT molecular complexity index is 1190. The van der Waals surface area contributed by atoms with E-state index in [9.17, 15) is 0 Å². The maximum Gasteiger partial charge on any atom is 0.231 e. The number of ether oxygens (including phenoxy) is 3. The molecule has 0 bridgehead atoms. The van der Waals surface area contributed by atoms with E-state index < -0.39 is 0 Å². The summed E-state index contributed by atoms with van der Waals surface area (Å²) in [4.78, 5) is 4.59. The predicted octanol–water partition coefficient (Wildman–Crippen LogP) is 4.59. The van der Waals surface area contributed by atoms with Crippen LogP contribution in [0.3, 0.4) is 0 Å². The lowest BCUT2D eigenvalue weighted by Gasteiger charge is -2.06. The van der Waals surface area contributed by atoms with Gasteiger partial charge in [-0.2, -0.15) is 5.10 Å². The van der Waals surface area contributed by atoms with Crippen molar-refractivity contribution in [2.75, 3.05) is 13.9 Å². The molecule has 2 aromatic heterocycles. The van der Waals surface area contributed by atoms with E-state index in [1.165, 1.54) is 0 Å². The Morgan fingerprint density at radius 1 is 1.07 bits per heavy atom. The minimum Gasteiger partial charge on any atom is -0.454 e. The molecule has 0 amide bonds. The molecule has 0 fully saturated rings. The smallest absolute Gasteiger partial charge is 0.231 e. The van der Waals surface area contributed by atoms with Gasteiger partial charge in [0.25, 0.3) is 0 Å². The predicted molar refractivity (Wildman–Crippen MR) is 106 cm³/mol. The second-order valence-corrected chi connectivity index (χ2v) is 6.84. The average molecular weight is 394 g/mol.